The molecule has 0 amide bonds. The molecule has 0 rings (SSSR count). The molecule has 0 aliphatic rings. The Kier molecular flexibility index (Phi) is 71.7. The maximum atomic E-state index is 7.33. The maximum Gasteiger partial charge on any atom is 0.668 e. The SMILES string of the molecule is C.C.C.C.C.C.O[Si](O)(O)O.O[Si](O)(O)O. The molecule has 10 heteroatoms. The Morgan fingerprint density at radius 3 is 0.312 bits per heavy atom. The summed E-state index contributed by atoms with van der Waals surface area (Å²) in [6.07, 6.45) is 0. The van der Waals surface area contributed by atoms with Crippen LogP contribution in [0.3, 0.4) is 0 Å². The molecule has 16 heavy (non-hydrogen) atoms. The molecule has 0 aromatic heterocycles. The summed E-state index contributed by atoms with van der Waals surface area (Å²) in [5.74, 6) is 0. The van der Waals surface area contributed by atoms with E-state index in [2.05, 4.69) is 0 Å². The molecule has 0 saturated heterocycles. The second kappa shape index (κ2) is 20.5. The van der Waals surface area contributed by atoms with E-state index in [-0.39, 0.29) is 44.6 Å². The topological polar surface area (TPSA) is 162 Å². The highest BCUT2D eigenvalue weighted by Crippen LogP contribution is 1.67. The molecule has 0 spiro atoms. The van der Waals surface area contributed by atoms with E-state index in [1.165, 1.54) is 0 Å². The summed E-state index contributed by atoms with van der Waals surface area (Å²) in [6.45, 7) is 0. The molecule has 8 nitrogen and oxygen atoms in total. The third kappa shape index (κ3) is 188000. The van der Waals surface area contributed by atoms with Crippen molar-refractivity contribution in [2.75, 3.05) is 0 Å². The van der Waals surface area contributed by atoms with E-state index in [1.54, 1.807) is 0 Å². The van der Waals surface area contributed by atoms with Gasteiger partial charge in [-0.05, 0) is 0 Å². The molecule has 0 unspecified atom stereocenters. The summed E-state index contributed by atoms with van der Waals surface area (Å²) in [5, 5.41) is 0. The molecule has 0 bridgehead atoms. The van der Waals surface area contributed by atoms with Crippen molar-refractivity contribution >= 4 is 18.1 Å². The van der Waals surface area contributed by atoms with Crippen molar-refractivity contribution < 1.29 is 38.4 Å². The zero-order valence-corrected chi connectivity index (χ0v) is 6.58. The van der Waals surface area contributed by atoms with E-state index < -0.39 is 18.1 Å². The third-order valence-electron chi connectivity index (χ3n) is 0. The van der Waals surface area contributed by atoms with Gasteiger partial charge in [0.25, 0.3) is 0 Å². The largest absolute Gasteiger partial charge is 0.668 e. The van der Waals surface area contributed by atoms with Crippen molar-refractivity contribution in [2.45, 2.75) is 44.6 Å². The Morgan fingerprint density at radius 2 is 0.312 bits per heavy atom. The Morgan fingerprint density at radius 1 is 0.312 bits per heavy atom. The summed E-state index contributed by atoms with van der Waals surface area (Å²) in [6, 6.07) is 0. The fourth-order valence-corrected chi connectivity index (χ4v) is 0. The van der Waals surface area contributed by atoms with Crippen LogP contribution < -0.4 is 0 Å². The molecule has 0 fully saturated rings. The Hall–Kier alpha value is 0.114. The smallest absolute Gasteiger partial charge is 0.368 e. The highest BCUT2D eigenvalue weighted by Gasteiger charge is 2.22. The number of rotatable bonds is 0. The molecule has 0 saturated carbocycles. The average Bonchev–Trinajstić information content (AvgIpc) is 1.12. The van der Waals surface area contributed by atoms with Gasteiger partial charge >= 0.3 is 18.1 Å². The minimum absolute atomic E-state index is 0. The molecule has 0 aromatic rings. The molecule has 0 aromatic carbocycles. The van der Waals surface area contributed by atoms with Gasteiger partial charge in [-0.1, -0.05) is 44.6 Å². The summed E-state index contributed by atoms with van der Waals surface area (Å²) in [4.78, 5) is 58.6. The van der Waals surface area contributed by atoms with Crippen molar-refractivity contribution in [3.05, 3.63) is 0 Å². The van der Waals surface area contributed by atoms with E-state index in [1.807, 2.05) is 0 Å². The van der Waals surface area contributed by atoms with Crippen molar-refractivity contribution in [1.82, 2.24) is 0 Å². The van der Waals surface area contributed by atoms with E-state index in [0.29, 0.717) is 0 Å². The molecule has 8 N–H and O–H groups in total. The molecule has 0 atom stereocenters. The first-order valence-corrected chi connectivity index (χ1v) is 5.37. The van der Waals surface area contributed by atoms with Crippen LogP contribution in [-0.4, -0.2) is 56.5 Å². The van der Waals surface area contributed by atoms with Gasteiger partial charge in [0, 0.05) is 0 Å². The zero-order valence-electron chi connectivity index (χ0n) is 4.58. The summed E-state index contributed by atoms with van der Waals surface area (Å²) < 4.78 is 0. The second-order valence-electron chi connectivity index (χ2n) is 1.20. The first-order chi connectivity index (χ1) is 4.00. The van der Waals surface area contributed by atoms with Gasteiger partial charge in [0.05, 0.1) is 0 Å². The van der Waals surface area contributed by atoms with E-state index in [0.717, 1.165) is 0 Å². The highest BCUT2D eigenvalue weighted by molar-refractivity contribution is 6.47. The molecule has 0 heterocycles. The van der Waals surface area contributed by atoms with Crippen LogP contribution in [0, 0.1) is 0 Å². The predicted octanol–water partition coefficient (Wildman–Crippen LogP) is -1.40. The molecular formula is C6H32O8Si2. The summed E-state index contributed by atoms with van der Waals surface area (Å²) in [5.41, 5.74) is 0. The quantitative estimate of drug-likeness (QED) is 0.252. The minimum atomic E-state index is -4.61. The predicted molar refractivity (Wildman–Crippen MR) is 69.6 cm³/mol. The van der Waals surface area contributed by atoms with Crippen LogP contribution in [0.15, 0.2) is 0 Å². The van der Waals surface area contributed by atoms with Gasteiger partial charge in [-0.3, -0.25) is 0 Å². The monoisotopic (exact) mass is 288 g/mol. The minimum Gasteiger partial charge on any atom is -0.368 e. The van der Waals surface area contributed by atoms with Crippen LogP contribution in [0.25, 0.3) is 0 Å². The van der Waals surface area contributed by atoms with Gasteiger partial charge in [0.2, 0.25) is 0 Å². The highest BCUT2D eigenvalue weighted by atomic mass is 28.4. The fourth-order valence-electron chi connectivity index (χ4n) is 0. The first kappa shape index (κ1) is 55.9. The lowest BCUT2D eigenvalue weighted by molar-refractivity contribution is 0.115. The molecule has 0 aliphatic heterocycles. The fraction of sp³-hybridized carbons (Fsp3) is 1.00. The Bertz CT molecular complexity index is 65.5. The van der Waals surface area contributed by atoms with Crippen molar-refractivity contribution in [3.63, 3.8) is 0 Å². The lowest BCUT2D eigenvalue weighted by atomic mass is 12.0. The van der Waals surface area contributed by atoms with Gasteiger partial charge in [0.1, 0.15) is 0 Å². The van der Waals surface area contributed by atoms with Gasteiger partial charge < -0.3 is 38.4 Å². The van der Waals surface area contributed by atoms with Crippen molar-refractivity contribution in [1.29, 1.82) is 0 Å². The molecule has 112 valence electrons. The van der Waals surface area contributed by atoms with Crippen molar-refractivity contribution in [2.24, 2.45) is 0 Å². The molecular weight excluding hydrogens is 256 g/mol. The lowest BCUT2D eigenvalue weighted by Gasteiger charge is -1.91. The number of hydrogen-bond donors (Lipinski definition) is 8. The van der Waals surface area contributed by atoms with E-state index in [4.69, 9.17) is 38.4 Å². The van der Waals surface area contributed by atoms with E-state index in [9.17, 15) is 0 Å². The normalized spacial score (nSPS) is 7.50. The van der Waals surface area contributed by atoms with Crippen LogP contribution in [0.1, 0.15) is 44.6 Å². The second-order valence-corrected chi connectivity index (χ2v) is 3.60. The Labute approximate surface area is 102 Å². The maximum absolute atomic E-state index is 7.33. The molecule has 0 radical (unpaired) electrons. The third-order valence-corrected chi connectivity index (χ3v) is 0. The lowest BCUT2D eigenvalue weighted by Crippen LogP contribution is -2.33. The Balaban J connectivity index is -0.00000000970. The standard InChI is InChI=1S/6CH4.2H4O4Si/c;;;;;;2*1-5(2,3)4/h6*1H4;2*1-4H. The zero-order chi connectivity index (χ0) is 9.00. The van der Waals surface area contributed by atoms with Gasteiger partial charge in [-0.2, -0.15) is 0 Å². The van der Waals surface area contributed by atoms with Gasteiger partial charge in [-0.15, -0.1) is 0 Å². The first-order valence-electron chi connectivity index (χ1n) is 1.79. The van der Waals surface area contributed by atoms with Crippen LogP contribution in [0.4, 0.5) is 0 Å². The van der Waals surface area contributed by atoms with Gasteiger partial charge in [-0.25, -0.2) is 0 Å². The van der Waals surface area contributed by atoms with Crippen LogP contribution >= 0.6 is 0 Å². The summed E-state index contributed by atoms with van der Waals surface area (Å²) in [7, 11) is -9.22. The van der Waals surface area contributed by atoms with Crippen molar-refractivity contribution in [3.8, 4) is 0 Å². The molecule has 0 aliphatic carbocycles. The van der Waals surface area contributed by atoms with Crippen LogP contribution in [-0.2, 0) is 0 Å². The summed E-state index contributed by atoms with van der Waals surface area (Å²) >= 11 is 0. The average molecular weight is 288 g/mol. The number of hydrogen-bond acceptors (Lipinski definition) is 8. The van der Waals surface area contributed by atoms with Crippen LogP contribution in [0.2, 0.25) is 0 Å². The van der Waals surface area contributed by atoms with Crippen LogP contribution in [0.5, 0.6) is 0 Å². The van der Waals surface area contributed by atoms with Gasteiger partial charge in [0.15, 0.2) is 0 Å². The van der Waals surface area contributed by atoms with E-state index >= 15 is 0 Å².